The van der Waals surface area contributed by atoms with Crippen LogP contribution in [0.5, 0.6) is 6.01 Å². The van der Waals surface area contributed by atoms with Gasteiger partial charge in [0.1, 0.15) is 17.5 Å². The fraction of sp³-hybridized carbons (Fsp3) is 0.211. The maximum absolute atomic E-state index is 12.0. The second-order valence-corrected chi connectivity index (χ2v) is 6.12. The summed E-state index contributed by atoms with van der Waals surface area (Å²) in [6.45, 7) is 1.68. The van der Waals surface area contributed by atoms with Crippen LogP contribution in [0.2, 0.25) is 0 Å². The smallest absolute Gasteiger partial charge is 0.316 e. The van der Waals surface area contributed by atoms with Crippen LogP contribution in [0.25, 0.3) is 0 Å². The first-order valence-corrected chi connectivity index (χ1v) is 8.59. The van der Waals surface area contributed by atoms with Gasteiger partial charge in [0.15, 0.2) is 6.61 Å². The number of nitrogens with one attached hydrogen (secondary N) is 2. The van der Waals surface area contributed by atoms with Crippen LogP contribution in [-0.4, -0.2) is 46.5 Å². The highest BCUT2D eigenvalue weighted by Gasteiger charge is 2.07. The minimum Gasteiger partial charge on any atom is -0.453 e. The molecule has 144 valence electrons. The van der Waals surface area contributed by atoms with E-state index >= 15 is 0 Å². The van der Waals surface area contributed by atoms with Gasteiger partial charge in [-0.2, -0.15) is 0 Å². The molecule has 0 aliphatic carbocycles. The summed E-state index contributed by atoms with van der Waals surface area (Å²) in [5.41, 5.74) is 1.50. The van der Waals surface area contributed by atoms with Crippen molar-refractivity contribution in [3.8, 4) is 6.01 Å². The molecule has 0 spiro atoms. The van der Waals surface area contributed by atoms with Crippen LogP contribution in [0, 0.1) is 6.92 Å². The van der Waals surface area contributed by atoms with Crippen LogP contribution < -0.4 is 20.3 Å². The molecule has 0 atom stereocenters. The van der Waals surface area contributed by atoms with Gasteiger partial charge in [0, 0.05) is 43.9 Å². The molecular formula is C19H21N7O2. The SMILES string of the molecule is Cc1nc(Nc2ccc(NC(=O)COc3ncccn3)cc2)cc(N(C)C)n1. The summed E-state index contributed by atoms with van der Waals surface area (Å²) in [7, 11) is 3.85. The summed E-state index contributed by atoms with van der Waals surface area (Å²) < 4.78 is 5.22. The summed E-state index contributed by atoms with van der Waals surface area (Å²) in [4.78, 5) is 30.4. The van der Waals surface area contributed by atoms with Crippen molar-refractivity contribution in [2.45, 2.75) is 6.92 Å². The molecule has 3 rings (SSSR count). The van der Waals surface area contributed by atoms with Crippen molar-refractivity contribution in [2.24, 2.45) is 0 Å². The van der Waals surface area contributed by atoms with E-state index in [-0.39, 0.29) is 18.5 Å². The van der Waals surface area contributed by atoms with Gasteiger partial charge in [-0.05, 0) is 37.3 Å². The normalized spacial score (nSPS) is 10.2. The number of rotatable bonds is 7. The predicted octanol–water partition coefficient (Wildman–Crippen LogP) is 2.40. The van der Waals surface area contributed by atoms with E-state index in [1.807, 2.05) is 44.1 Å². The number of carbonyl (C=O) groups excluding carboxylic acids is 1. The fourth-order valence-electron chi connectivity index (χ4n) is 2.32. The number of nitrogens with zero attached hydrogens (tertiary/aromatic N) is 5. The summed E-state index contributed by atoms with van der Waals surface area (Å²) >= 11 is 0. The Morgan fingerprint density at radius 1 is 1.07 bits per heavy atom. The first kappa shape index (κ1) is 19.0. The maximum Gasteiger partial charge on any atom is 0.316 e. The molecule has 0 radical (unpaired) electrons. The van der Waals surface area contributed by atoms with Gasteiger partial charge in [-0.25, -0.2) is 19.9 Å². The number of aryl methyl sites for hydroxylation is 1. The lowest BCUT2D eigenvalue weighted by Crippen LogP contribution is -2.20. The number of benzene rings is 1. The highest BCUT2D eigenvalue weighted by Crippen LogP contribution is 2.20. The topological polar surface area (TPSA) is 105 Å². The third-order valence-electron chi connectivity index (χ3n) is 3.60. The molecule has 1 aromatic carbocycles. The van der Waals surface area contributed by atoms with Crippen molar-refractivity contribution >= 4 is 28.9 Å². The number of ether oxygens (including phenoxy) is 1. The number of aromatic nitrogens is 4. The molecule has 3 aromatic rings. The highest BCUT2D eigenvalue weighted by atomic mass is 16.5. The molecule has 28 heavy (non-hydrogen) atoms. The zero-order chi connectivity index (χ0) is 19.9. The Bertz CT molecular complexity index is 931. The van der Waals surface area contributed by atoms with E-state index in [2.05, 4.69) is 30.6 Å². The molecule has 0 saturated carbocycles. The first-order valence-electron chi connectivity index (χ1n) is 8.59. The monoisotopic (exact) mass is 379 g/mol. The largest absolute Gasteiger partial charge is 0.453 e. The quantitative estimate of drug-likeness (QED) is 0.645. The lowest BCUT2D eigenvalue weighted by molar-refractivity contribution is -0.118. The van der Waals surface area contributed by atoms with Crippen LogP contribution in [0.3, 0.4) is 0 Å². The Morgan fingerprint density at radius 3 is 2.43 bits per heavy atom. The van der Waals surface area contributed by atoms with Crippen LogP contribution in [0.1, 0.15) is 5.82 Å². The van der Waals surface area contributed by atoms with Crippen LogP contribution in [-0.2, 0) is 4.79 Å². The zero-order valence-electron chi connectivity index (χ0n) is 15.9. The Morgan fingerprint density at radius 2 is 1.75 bits per heavy atom. The molecule has 0 fully saturated rings. The van der Waals surface area contributed by atoms with Gasteiger partial charge in [-0.3, -0.25) is 4.79 Å². The molecule has 9 nitrogen and oxygen atoms in total. The van der Waals surface area contributed by atoms with Gasteiger partial charge in [0.2, 0.25) is 0 Å². The number of anilines is 4. The second kappa shape index (κ2) is 8.76. The minimum absolute atomic E-state index is 0.162. The molecular weight excluding hydrogens is 358 g/mol. The zero-order valence-corrected chi connectivity index (χ0v) is 15.9. The van der Waals surface area contributed by atoms with Crippen LogP contribution in [0.4, 0.5) is 23.0 Å². The molecule has 0 saturated heterocycles. The molecule has 2 N–H and O–H groups in total. The number of hydrogen-bond donors (Lipinski definition) is 2. The summed E-state index contributed by atoms with van der Waals surface area (Å²) in [5, 5.41) is 5.99. The number of carbonyl (C=O) groups is 1. The molecule has 9 heteroatoms. The highest BCUT2D eigenvalue weighted by molar-refractivity contribution is 5.92. The molecule has 2 heterocycles. The predicted molar refractivity (Wildman–Crippen MR) is 107 cm³/mol. The van der Waals surface area contributed by atoms with Gasteiger partial charge in [0.05, 0.1) is 0 Å². The van der Waals surface area contributed by atoms with E-state index < -0.39 is 0 Å². The van der Waals surface area contributed by atoms with Crippen molar-refractivity contribution in [3.63, 3.8) is 0 Å². The summed E-state index contributed by atoms with van der Waals surface area (Å²) in [6, 6.07) is 11.0. The standard InChI is InChI=1S/C19H21N7O2/c1-13-22-16(11-17(23-13)26(2)3)24-14-5-7-15(8-6-14)25-18(27)12-28-19-20-9-4-10-21-19/h4-11H,12H2,1-3H3,(H,25,27)(H,22,23,24). The van der Waals surface area contributed by atoms with E-state index in [1.165, 1.54) is 0 Å². The summed E-state index contributed by atoms with van der Waals surface area (Å²) in [6.07, 6.45) is 3.10. The second-order valence-electron chi connectivity index (χ2n) is 6.12. The average Bonchev–Trinajstić information content (AvgIpc) is 2.68. The Hall–Kier alpha value is -3.75. The molecule has 0 aliphatic heterocycles. The van der Waals surface area contributed by atoms with Gasteiger partial charge >= 0.3 is 6.01 Å². The van der Waals surface area contributed by atoms with Crippen LogP contribution in [0.15, 0.2) is 48.8 Å². The number of amides is 1. The average molecular weight is 379 g/mol. The van der Waals surface area contributed by atoms with E-state index in [9.17, 15) is 4.79 Å². The lowest BCUT2D eigenvalue weighted by Gasteiger charge is -2.14. The molecule has 0 unspecified atom stereocenters. The van der Waals surface area contributed by atoms with Crippen molar-refractivity contribution in [1.82, 2.24) is 19.9 Å². The third kappa shape index (κ3) is 5.37. The van der Waals surface area contributed by atoms with E-state index in [4.69, 9.17) is 4.74 Å². The van der Waals surface area contributed by atoms with Gasteiger partial charge in [-0.15, -0.1) is 0 Å². The van der Waals surface area contributed by atoms with E-state index in [0.717, 1.165) is 11.5 Å². The lowest BCUT2D eigenvalue weighted by atomic mass is 10.2. The van der Waals surface area contributed by atoms with Gasteiger partial charge < -0.3 is 20.3 Å². The van der Waals surface area contributed by atoms with E-state index in [1.54, 1.807) is 30.6 Å². The van der Waals surface area contributed by atoms with Crippen LogP contribution >= 0.6 is 0 Å². The van der Waals surface area contributed by atoms with Gasteiger partial charge in [-0.1, -0.05) is 0 Å². The van der Waals surface area contributed by atoms with Crippen molar-refractivity contribution in [3.05, 3.63) is 54.6 Å². The summed E-state index contributed by atoms with van der Waals surface area (Å²) in [5.74, 6) is 1.90. The third-order valence-corrected chi connectivity index (χ3v) is 3.60. The Balaban J connectivity index is 1.57. The van der Waals surface area contributed by atoms with Gasteiger partial charge in [0.25, 0.3) is 5.91 Å². The molecule has 0 bridgehead atoms. The molecule has 1 amide bonds. The van der Waals surface area contributed by atoms with Crippen molar-refractivity contribution in [1.29, 1.82) is 0 Å². The van der Waals surface area contributed by atoms with Crippen molar-refractivity contribution in [2.75, 3.05) is 36.2 Å². The Labute approximate surface area is 162 Å². The van der Waals surface area contributed by atoms with E-state index in [0.29, 0.717) is 17.3 Å². The maximum atomic E-state index is 12.0. The number of hydrogen-bond acceptors (Lipinski definition) is 8. The Kier molecular flexibility index (Phi) is 5.95. The molecule has 0 aliphatic rings. The minimum atomic E-state index is -0.296. The first-order chi connectivity index (χ1) is 13.5. The molecule has 2 aromatic heterocycles. The van der Waals surface area contributed by atoms with Crippen molar-refractivity contribution < 1.29 is 9.53 Å². The fourth-order valence-corrected chi connectivity index (χ4v) is 2.32.